The van der Waals surface area contributed by atoms with Crippen molar-refractivity contribution in [3.8, 4) is 0 Å². The van der Waals surface area contributed by atoms with Crippen LogP contribution in [-0.2, 0) is 0 Å². The zero-order chi connectivity index (χ0) is 63.3. The largest absolute Gasteiger partial charge is 0.365 e. The van der Waals surface area contributed by atoms with Gasteiger partial charge in [-0.15, -0.1) is 0 Å². The first-order valence-electron chi connectivity index (χ1n) is 29.4. The van der Waals surface area contributed by atoms with Gasteiger partial charge in [0.25, 0.3) is 0 Å². The third-order valence-corrected chi connectivity index (χ3v) is 12.2. The maximum atomic E-state index is 4.14. The van der Waals surface area contributed by atoms with E-state index >= 15 is 0 Å². The van der Waals surface area contributed by atoms with Gasteiger partial charge in [0.15, 0.2) is 0 Å². The fourth-order valence-corrected chi connectivity index (χ4v) is 8.27. The lowest BCUT2D eigenvalue weighted by atomic mass is 10.2. The molecule has 10 heterocycles. The second-order valence-corrected chi connectivity index (χ2v) is 23.4. The molecule has 0 amide bonds. The maximum absolute atomic E-state index is 4.14. The quantitative estimate of drug-likeness (QED) is 0.260. The molecular weight excluding hydrogens is 1040 g/mol. The molecule has 84 heavy (non-hydrogen) atoms. The predicted octanol–water partition coefficient (Wildman–Crippen LogP) is 18.8. The highest BCUT2D eigenvalue weighted by Gasteiger charge is 2.04. The summed E-state index contributed by atoms with van der Waals surface area (Å²) in [6.07, 6.45) is 29.2. The number of aromatic nitrogens is 1. The standard InChI is InChI=1S/2C7H10.6C6H9N.4C5H8N2/c2*1-6-3-4-7(2)5-6;6*1-5-3-6(2)7-4-5;2*1-4-3-6-5(2)7-4;2*1-4-3-5(2)7-6-4/h2*3-4H,5H2,1-2H3;4*4H,3H2,1-2H3;3H,4H2,1-2H3;3-4,7H,1-2H3;4*3H2,1-2H3. The maximum Gasteiger partial charge on any atom is 0.120 e. The van der Waals surface area contributed by atoms with Crippen molar-refractivity contribution in [2.45, 2.75) is 218 Å². The van der Waals surface area contributed by atoms with Crippen molar-refractivity contribution >= 4 is 74.5 Å². The van der Waals surface area contributed by atoms with Crippen LogP contribution in [0.15, 0.2) is 183 Å². The second-order valence-electron chi connectivity index (χ2n) is 23.4. The average Bonchev–Trinajstić information content (AvgIpc) is 4.22. The van der Waals surface area contributed by atoms with Crippen LogP contribution in [0.25, 0.3) is 0 Å². The molecule has 0 unspecified atom stereocenters. The molecule has 0 saturated carbocycles. The lowest BCUT2D eigenvalue weighted by Crippen LogP contribution is -1.90. The molecule has 0 fully saturated rings. The Balaban J connectivity index is 0.000000458. The second kappa shape index (κ2) is 41.6. The van der Waals surface area contributed by atoms with E-state index in [9.17, 15) is 0 Å². The first-order valence-corrected chi connectivity index (χ1v) is 29.4. The van der Waals surface area contributed by atoms with Crippen molar-refractivity contribution in [1.29, 1.82) is 0 Å². The van der Waals surface area contributed by atoms with Gasteiger partial charge in [-0.25, -0.2) is 9.98 Å². The Labute approximate surface area is 508 Å². The van der Waals surface area contributed by atoms with Crippen LogP contribution in [0.1, 0.15) is 215 Å². The Morgan fingerprint density at radius 3 is 0.679 bits per heavy atom. The van der Waals surface area contributed by atoms with Gasteiger partial charge in [0.2, 0.25) is 0 Å². The number of aromatic amines is 1. The van der Waals surface area contributed by atoms with Crippen LogP contribution < -0.4 is 0 Å². The van der Waals surface area contributed by atoms with E-state index in [0.29, 0.717) is 0 Å². The van der Waals surface area contributed by atoms with E-state index in [1.807, 2.05) is 128 Å². The highest BCUT2D eigenvalue weighted by atomic mass is 15.2. The molecule has 0 atom stereocenters. The molecule has 1 aromatic heterocycles. The number of nitrogens with zero attached hydrogens (tertiary/aromatic N) is 13. The van der Waals surface area contributed by atoms with Crippen molar-refractivity contribution < 1.29 is 0 Å². The molecule has 14 heteroatoms. The van der Waals surface area contributed by atoms with E-state index in [4.69, 9.17) is 0 Å². The first kappa shape index (κ1) is 74.7. The minimum Gasteiger partial charge on any atom is -0.365 e. The van der Waals surface area contributed by atoms with E-state index in [-0.39, 0.29) is 0 Å². The van der Waals surface area contributed by atoms with Gasteiger partial charge in [0.1, 0.15) is 11.7 Å². The molecule has 0 bridgehead atoms. The number of nitrogens with one attached hydrogen (secondary N) is 1. The predicted molar refractivity (Wildman–Crippen MR) is 376 cm³/mol. The topological polar surface area (TPSA) is 176 Å². The molecule has 2 aliphatic carbocycles. The summed E-state index contributed by atoms with van der Waals surface area (Å²) in [5.41, 5.74) is 28.2. The van der Waals surface area contributed by atoms with Gasteiger partial charge in [-0.05, 0) is 219 Å². The number of allylic oxidation sites excluding steroid dienone is 13. The zero-order valence-electron chi connectivity index (χ0n) is 56.4. The number of aryl methyl sites for hydroxylation is 2. The van der Waals surface area contributed by atoms with Crippen LogP contribution in [0.4, 0.5) is 0 Å². The van der Waals surface area contributed by atoms with Gasteiger partial charge in [0.05, 0.1) is 19.6 Å². The van der Waals surface area contributed by atoms with Crippen LogP contribution in [0.5, 0.6) is 0 Å². The van der Waals surface area contributed by atoms with Crippen LogP contribution in [0, 0.1) is 13.8 Å². The molecule has 11 aliphatic rings. The molecule has 1 N–H and O–H groups in total. The Bertz CT molecular complexity index is 2440. The number of rotatable bonds is 0. The lowest BCUT2D eigenvalue weighted by molar-refractivity contribution is 1.15. The zero-order valence-corrected chi connectivity index (χ0v) is 56.4. The van der Waals surface area contributed by atoms with Crippen molar-refractivity contribution in [1.82, 2.24) is 4.98 Å². The highest BCUT2D eigenvalue weighted by Crippen LogP contribution is 2.17. The van der Waals surface area contributed by atoms with Gasteiger partial charge in [-0.3, -0.25) is 34.9 Å². The molecule has 0 radical (unpaired) electrons. The van der Waals surface area contributed by atoms with Gasteiger partial charge in [-0.1, -0.05) is 52.2 Å². The number of H-pyrrole nitrogens is 1. The molecule has 0 saturated heterocycles. The van der Waals surface area contributed by atoms with Gasteiger partial charge in [-0.2, -0.15) is 20.4 Å². The van der Waals surface area contributed by atoms with Crippen LogP contribution in [-0.4, -0.2) is 99.1 Å². The first-order chi connectivity index (χ1) is 39.5. The van der Waals surface area contributed by atoms with E-state index in [2.05, 4.69) is 176 Å². The molecule has 9 aliphatic heterocycles. The summed E-state index contributed by atoms with van der Waals surface area (Å²) >= 11 is 0. The molecule has 1 aromatic rings. The fraction of sp³-hybridized carbons (Fsp3) is 0.500. The van der Waals surface area contributed by atoms with Crippen molar-refractivity contribution in [3.05, 3.63) is 129 Å². The summed E-state index contributed by atoms with van der Waals surface area (Å²) in [5, 5.41) is 15.3. The Hall–Kier alpha value is -7.35. The van der Waals surface area contributed by atoms with E-state index in [1.54, 1.807) is 0 Å². The molecule has 0 spiro atoms. The van der Waals surface area contributed by atoms with Crippen LogP contribution in [0.2, 0.25) is 0 Å². The third kappa shape index (κ3) is 40.0. The normalized spacial score (nSPS) is 18.3. The number of amidine groups is 2. The summed E-state index contributed by atoms with van der Waals surface area (Å²) in [5.74, 6) is 1.83. The summed E-state index contributed by atoms with van der Waals surface area (Å²) in [6.45, 7) is 51.8. The fourth-order valence-electron chi connectivity index (χ4n) is 8.27. The summed E-state index contributed by atoms with van der Waals surface area (Å²) < 4.78 is 0. The number of hydrogen-bond donors (Lipinski definition) is 1. The van der Waals surface area contributed by atoms with Crippen molar-refractivity contribution in [2.24, 2.45) is 65.3 Å². The minimum absolute atomic E-state index is 0.811. The summed E-state index contributed by atoms with van der Waals surface area (Å²) in [6, 6.07) is 2.11. The number of hydrogen-bond acceptors (Lipinski definition) is 13. The van der Waals surface area contributed by atoms with Crippen LogP contribution >= 0.6 is 0 Å². The van der Waals surface area contributed by atoms with Gasteiger partial charge in [0, 0.05) is 138 Å². The SMILES string of the molecule is CC1=CC(C)=NC1.CC1=CC=C(C)C1.CC1=CC=C(C)C1.CC1=CN=C(C)C1.CC1=CN=C(C)C1.CC1=CN=C(C)C1.CC1=CN=C(C)C1.CC1=NC(C)=NC1.CC1=NC(C)=NC1.CC1=NN=C(C)C1.CC1=NN=C(C)C1.Cc1c[nH]c(C)c1. The third-order valence-electron chi connectivity index (χ3n) is 12.2. The molecule has 0 aromatic carbocycles. The molecular formula is C70H106N14. The van der Waals surface area contributed by atoms with Crippen molar-refractivity contribution in [3.63, 3.8) is 0 Å². The van der Waals surface area contributed by atoms with E-state index in [1.165, 1.54) is 97.1 Å². The average molecular weight is 1140 g/mol. The van der Waals surface area contributed by atoms with Gasteiger partial charge < -0.3 is 4.98 Å². The van der Waals surface area contributed by atoms with Crippen LogP contribution in [0.3, 0.4) is 0 Å². The smallest absolute Gasteiger partial charge is 0.120 e. The molecule has 12 rings (SSSR count). The summed E-state index contributed by atoms with van der Waals surface area (Å²) in [7, 11) is 0. The van der Waals surface area contributed by atoms with E-state index < -0.39 is 0 Å². The molecule has 456 valence electrons. The van der Waals surface area contributed by atoms with Gasteiger partial charge >= 0.3 is 0 Å². The highest BCUT2D eigenvalue weighted by molar-refractivity contribution is 6.06. The summed E-state index contributed by atoms with van der Waals surface area (Å²) in [4.78, 5) is 39.7. The van der Waals surface area contributed by atoms with Crippen molar-refractivity contribution in [2.75, 3.05) is 19.6 Å². The Kier molecular flexibility index (Phi) is 37.0. The minimum atomic E-state index is 0.811. The lowest BCUT2D eigenvalue weighted by Gasteiger charge is -1.87. The number of aliphatic imine (C=N–C) groups is 9. The monoisotopic (exact) mass is 1140 g/mol. The Morgan fingerprint density at radius 1 is 0.298 bits per heavy atom. The van der Waals surface area contributed by atoms with E-state index in [0.717, 1.165) is 110 Å². The molecule has 14 nitrogen and oxygen atoms in total. The Morgan fingerprint density at radius 2 is 0.607 bits per heavy atom.